The second kappa shape index (κ2) is 9.55. The molecular formula is C15H23NO5S. The molecule has 0 heterocycles. The van der Waals surface area contributed by atoms with Gasteiger partial charge in [-0.2, -0.15) is 0 Å². The summed E-state index contributed by atoms with van der Waals surface area (Å²) in [5, 5.41) is 9.03. The summed E-state index contributed by atoms with van der Waals surface area (Å²) in [6, 6.07) is 8.35. The van der Waals surface area contributed by atoms with Crippen molar-refractivity contribution >= 4 is 16.0 Å². The van der Waals surface area contributed by atoms with E-state index in [9.17, 15) is 13.2 Å². The van der Waals surface area contributed by atoms with Gasteiger partial charge in [-0.25, -0.2) is 13.1 Å². The molecule has 0 aromatic heterocycles. The van der Waals surface area contributed by atoms with E-state index in [0.717, 1.165) is 12.0 Å². The number of unbranched alkanes of at least 4 members (excludes halogenated alkanes) is 1. The van der Waals surface area contributed by atoms with Gasteiger partial charge in [0.2, 0.25) is 10.0 Å². The number of carboxylic acids is 1. The van der Waals surface area contributed by atoms with Gasteiger partial charge in [0.15, 0.2) is 0 Å². The number of sulfonamides is 1. The number of carbonyl (C=O) groups is 1. The third kappa shape index (κ3) is 7.53. The number of hydrogen-bond donors (Lipinski definition) is 2. The van der Waals surface area contributed by atoms with Gasteiger partial charge in [-0.15, -0.1) is 0 Å². The zero-order valence-electron chi connectivity index (χ0n) is 12.7. The van der Waals surface area contributed by atoms with Crippen molar-refractivity contribution in [1.82, 2.24) is 4.72 Å². The first-order valence-corrected chi connectivity index (χ1v) is 8.94. The number of rotatable bonds is 11. The maximum absolute atomic E-state index is 11.9. The van der Waals surface area contributed by atoms with Crippen LogP contribution in [0, 0.1) is 0 Å². The highest BCUT2D eigenvalue weighted by atomic mass is 32.2. The minimum Gasteiger partial charge on any atom is -0.480 e. The van der Waals surface area contributed by atoms with Crippen LogP contribution in [0.1, 0.15) is 31.7 Å². The first kappa shape index (κ1) is 18.6. The predicted octanol–water partition coefficient (Wildman–Crippen LogP) is 1.77. The average Bonchev–Trinajstić information content (AvgIpc) is 2.49. The molecule has 1 rings (SSSR count). The lowest BCUT2D eigenvalue weighted by atomic mass is 10.1. The summed E-state index contributed by atoms with van der Waals surface area (Å²) in [4.78, 5) is 11.0. The first-order chi connectivity index (χ1) is 10.4. The molecule has 124 valence electrons. The Bertz CT molecular complexity index is 544. The van der Waals surface area contributed by atoms with Crippen molar-refractivity contribution in [2.24, 2.45) is 0 Å². The second-order valence-electron chi connectivity index (χ2n) is 5.01. The molecule has 1 aromatic rings. The van der Waals surface area contributed by atoms with Crippen LogP contribution in [0.3, 0.4) is 0 Å². The minimum atomic E-state index is -3.67. The van der Waals surface area contributed by atoms with Crippen molar-refractivity contribution in [2.45, 2.75) is 38.8 Å². The third-order valence-corrected chi connectivity index (χ3v) is 4.42. The Morgan fingerprint density at radius 3 is 2.59 bits per heavy atom. The average molecular weight is 329 g/mol. The zero-order valence-corrected chi connectivity index (χ0v) is 13.5. The fourth-order valence-corrected chi connectivity index (χ4v) is 2.96. The van der Waals surface area contributed by atoms with Gasteiger partial charge in [-0.3, -0.25) is 4.79 Å². The number of benzene rings is 1. The second-order valence-corrected chi connectivity index (χ2v) is 6.88. The Morgan fingerprint density at radius 1 is 1.32 bits per heavy atom. The molecule has 0 aliphatic rings. The number of nitrogens with one attached hydrogen (secondary N) is 1. The smallest absolute Gasteiger partial charge is 0.321 e. The third-order valence-electron chi connectivity index (χ3n) is 3.07. The zero-order chi connectivity index (χ0) is 16.4. The molecule has 6 nitrogen and oxygen atoms in total. The van der Waals surface area contributed by atoms with Crippen molar-refractivity contribution < 1.29 is 23.1 Å². The van der Waals surface area contributed by atoms with Crippen LogP contribution in [0.2, 0.25) is 0 Å². The fraction of sp³-hybridized carbons (Fsp3) is 0.533. The van der Waals surface area contributed by atoms with Crippen LogP contribution in [0.15, 0.2) is 30.3 Å². The molecule has 0 spiro atoms. The summed E-state index contributed by atoms with van der Waals surface area (Å²) in [6.07, 6.45) is 1.76. The number of aliphatic carboxylic acids is 1. The van der Waals surface area contributed by atoms with Crippen molar-refractivity contribution in [3.8, 4) is 0 Å². The predicted molar refractivity (Wildman–Crippen MR) is 84.0 cm³/mol. The summed E-state index contributed by atoms with van der Waals surface area (Å²) in [6.45, 7) is 2.27. The molecule has 0 bridgehead atoms. The summed E-state index contributed by atoms with van der Waals surface area (Å²) >= 11 is 0. The molecule has 22 heavy (non-hydrogen) atoms. The molecule has 0 aliphatic carbocycles. The van der Waals surface area contributed by atoms with Gasteiger partial charge in [0.1, 0.15) is 6.04 Å². The highest BCUT2D eigenvalue weighted by Crippen LogP contribution is 2.04. The molecular weight excluding hydrogens is 306 g/mol. The lowest BCUT2D eigenvalue weighted by Gasteiger charge is -2.14. The minimum absolute atomic E-state index is 0.0182. The molecule has 2 N–H and O–H groups in total. The quantitative estimate of drug-likeness (QED) is 0.604. The molecule has 0 saturated heterocycles. The maximum Gasteiger partial charge on any atom is 0.321 e. The topological polar surface area (TPSA) is 92.7 Å². The van der Waals surface area contributed by atoms with Crippen LogP contribution in [-0.2, 0) is 26.2 Å². The normalized spacial score (nSPS) is 13.0. The fourth-order valence-electron chi connectivity index (χ4n) is 1.85. The van der Waals surface area contributed by atoms with Gasteiger partial charge in [0, 0.05) is 0 Å². The van der Waals surface area contributed by atoms with Crippen LogP contribution in [0.25, 0.3) is 0 Å². The molecule has 1 unspecified atom stereocenters. The van der Waals surface area contributed by atoms with Crippen molar-refractivity contribution in [2.75, 3.05) is 12.4 Å². The largest absolute Gasteiger partial charge is 0.480 e. The van der Waals surface area contributed by atoms with Crippen molar-refractivity contribution in [3.05, 3.63) is 35.9 Å². The van der Waals surface area contributed by atoms with E-state index in [1.807, 2.05) is 37.3 Å². The molecule has 1 aromatic carbocycles. The molecule has 0 fully saturated rings. The number of carboxylic acid groups (broad SMARTS) is 1. The number of hydrogen-bond acceptors (Lipinski definition) is 4. The lowest BCUT2D eigenvalue weighted by Crippen LogP contribution is -2.42. The summed E-state index contributed by atoms with van der Waals surface area (Å²) in [5.41, 5.74) is 0.958. The maximum atomic E-state index is 11.9. The first-order valence-electron chi connectivity index (χ1n) is 7.29. The van der Waals surface area contributed by atoms with E-state index in [-0.39, 0.29) is 18.8 Å². The molecule has 0 amide bonds. The van der Waals surface area contributed by atoms with E-state index in [1.165, 1.54) is 0 Å². The van der Waals surface area contributed by atoms with Crippen LogP contribution >= 0.6 is 0 Å². The van der Waals surface area contributed by atoms with Crippen LogP contribution in [0.4, 0.5) is 0 Å². The SMILES string of the molecule is CCCCC(NS(=O)(=O)CCOCc1ccccc1)C(=O)O. The van der Waals surface area contributed by atoms with Crippen LogP contribution < -0.4 is 4.72 Å². The van der Waals surface area contributed by atoms with Gasteiger partial charge in [-0.05, 0) is 12.0 Å². The Morgan fingerprint density at radius 2 is 2.00 bits per heavy atom. The van der Waals surface area contributed by atoms with Crippen LogP contribution in [0.5, 0.6) is 0 Å². The van der Waals surface area contributed by atoms with Gasteiger partial charge in [0.05, 0.1) is 19.0 Å². The van der Waals surface area contributed by atoms with E-state index in [2.05, 4.69) is 4.72 Å². The van der Waals surface area contributed by atoms with Gasteiger partial charge < -0.3 is 9.84 Å². The van der Waals surface area contributed by atoms with Gasteiger partial charge >= 0.3 is 5.97 Å². The van der Waals surface area contributed by atoms with E-state index < -0.39 is 22.0 Å². The summed E-state index contributed by atoms with van der Waals surface area (Å²) < 4.78 is 31.3. The van der Waals surface area contributed by atoms with Gasteiger partial charge in [0.25, 0.3) is 0 Å². The molecule has 7 heteroatoms. The van der Waals surface area contributed by atoms with E-state index in [1.54, 1.807) is 0 Å². The Labute approximate surface area is 131 Å². The van der Waals surface area contributed by atoms with Crippen molar-refractivity contribution in [3.63, 3.8) is 0 Å². The van der Waals surface area contributed by atoms with Crippen LogP contribution in [-0.4, -0.2) is 37.9 Å². The Balaban J connectivity index is 2.37. The number of ether oxygens (including phenoxy) is 1. The molecule has 0 saturated carbocycles. The Hall–Kier alpha value is -1.44. The van der Waals surface area contributed by atoms with E-state index in [4.69, 9.17) is 9.84 Å². The lowest BCUT2D eigenvalue weighted by molar-refractivity contribution is -0.139. The Kier molecular flexibility index (Phi) is 8.08. The summed E-state index contributed by atoms with van der Waals surface area (Å²) in [5.74, 6) is -1.40. The van der Waals surface area contributed by atoms with E-state index in [0.29, 0.717) is 13.0 Å². The molecule has 0 radical (unpaired) electrons. The summed E-state index contributed by atoms with van der Waals surface area (Å²) in [7, 11) is -3.67. The monoisotopic (exact) mass is 329 g/mol. The van der Waals surface area contributed by atoms with Gasteiger partial charge in [-0.1, -0.05) is 50.1 Å². The molecule has 0 aliphatic heterocycles. The molecule has 1 atom stereocenters. The highest BCUT2D eigenvalue weighted by molar-refractivity contribution is 7.89. The standard InChI is InChI=1S/C15H23NO5S/c1-2-3-9-14(15(17)18)16-22(19,20)11-10-21-12-13-7-5-4-6-8-13/h4-8,14,16H,2-3,9-12H2,1H3,(H,17,18). The highest BCUT2D eigenvalue weighted by Gasteiger charge is 2.23. The van der Waals surface area contributed by atoms with Crippen molar-refractivity contribution in [1.29, 1.82) is 0 Å². The van der Waals surface area contributed by atoms with E-state index >= 15 is 0 Å².